The Balaban J connectivity index is 2.20. The number of benzene rings is 1. The summed E-state index contributed by atoms with van der Waals surface area (Å²) in [6.45, 7) is 6.88. The Labute approximate surface area is 134 Å². The standard InChI is InChI=1S/C16H22BrNO3/c1-16(2,3)21-15(19)18-8-7-13-12(10-18)6-5-11(9-17)14(13)20-4/h5-6H,7-10H2,1-4H3. The summed E-state index contributed by atoms with van der Waals surface area (Å²) < 4.78 is 11.0. The van der Waals surface area contributed by atoms with Gasteiger partial charge < -0.3 is 14.4 Å². The molecule has 0 unspecified atom stereocenters. The van der Waals surface area contributed by atoms with Crippen molar-refractivity contribution in [3.63, 3.8) is 0 Å². The maximum absolute atomic E-state index is 12.2. The Hall–Kier alpha value is -1.23. The first kappa shape index (κ1) is 16.1. The summed E-state index contributed by atoms with van der Waals surface area (Å²) >= 11 is 3.48. The Morgan fingerprint density at radius 1 is 1.38 bits per heavy atom. The molecule has 1 amide bonds. The smallest absolute Gasteiger partial charge is 0.410 e. The van der Waals surface area contributed by atoms with Crippen molar-refractivity contribution in [1.29, 1.82) is 0 Å². The van der Waals surface area contributed by atoms with Crippen molar-refractivity contribution in [3.8, 4) is 5.75 Å². The van der Waals surface area contributed by atoms with E-state index in [-0.39, 0.29) is 6.09 Å². The van der Waals surface area contributed by atoms with E-state index in [2.05, 4.69) is 22.0 Å². The first-order valence-corrected chi connectivity index (χ1v) is 8.19. The van der Waals surface area contributed by atoms with E-state index in [1.54, 1.807) is 12.0 Å². The molecule has 1 heterocycles. The molecular weight excluding hydrogens is 334 g/mol. The zero-order valence-electron chi connectivity index (χ0n) is 13.0. The van der Waals surface area contributed by atoms with E-state index < -0.39 is 5.60 Å². The first-order chi connectivity index (χ1) is 9.85. The van der Waals surface area contributed by atoms with Crippen LogP contribution in [0, 0.1) is 0 Å². The van der Waals surface area contributed by atoms with Crippen molar-refractivity contribution < 1.29 is 14.3 Å². The number of alkyl halides is 1. The van der Waals surface area contributed by atoms with Crippen molar-refractivity contribution in [2.24, 2.45) is 0 Å². The molecule has 21 heavy (non-hydrogen) atoms. The lowest BCUT2D eigenvalue weighted by molar-refractivity contribution is 0.0223. The third kappa shape index (κ3) is 3.70. The van der Waals surface area contributed by atoms with Crippen LogP contribution in [0.25, 0.3) is 0 Å². The predicted molar refractivity (Wildman–Crippen MR) is 86.0 cm³/mol. The van der Waals surface area contributed by atoms with Gasteiger partial charge in [-0.3, -0.25) is 0 Å². The molecular formula is C16H22BrNO3. The third-order valence-corrected chi connectivity index (χ3v) is 4.04. The highest BCUT2D eigenvalue weighted by Crippen LogP contribution is 2.33. The second-order valence-electron chi connectivity index (χ2n) is 6.18. The molecule has 116 valence electrons. The van der Waals surface area contributed by atoms with Crippen molar-refractivity contribution in [2.75, 3.05) is 13.7 Å². The molecule has 0 radical (unpaired) electrons. The summed E-state index contributed by atoms with van der Waals surface area (Å²) in [6.07, 6.45) is 0.537. The molecule has 2 rings (SSSR count). The van der Waals surface area contributed by atoms with E-state index in [0.717, 1.165) is 28.6 Å². The molecule has 0 aromatic heterocycles. The topological polar surface area (TPSA) is 38.8 Å². The highest BCUT2D eigenvalue weighted by atomic mass is 79.9. The quantitative estimate of drug-likeness (QED) is 0.755. The number of ether oxygens (including phenoxy) is 2. The highest BCUT2D eigenvalue weighted by Gasteiger charge is 2.27. The molecule has 1 aromatic rings. The average molecular weight is 356 g/mol. The fourth-order valence-corrected chi connectivity index (χ4v) is 2.95. The summed E-state index contributed by atoms with van der Waals surface area (Å²) in [4.78, 5) is 13.9. The van der Waals surface area contributed by atoms with Gasteiger partial charge in [0, 0.05) is 29.5 Å². The molecule has 1 aliphatic heterocycles. The zero-order valence-corrected chi connectivity index (χ0v) is 14.6. The van der Waals surface area contributed by atoms with Crippen molar-refractivity contribution >= 4 is 22.0 Å². The Morgan fingerprint density at radius 2 is 2.10 bits per heavy atom. The summed E-state index contributed by atoms with van der Waals surface area (Å²) in [7, 11) is 1.70. The number of methoxy groups -OCH3 is 1. The van der Waals surface area contributed by atoms with Gasteiger partial charge in [0.25, 0.3) is 0 Å². The van der Waals surface area contributed by atoms with Crippen molar-refractivity contribution in [3.05, 3.63) is 28.8 Å². The van der Waals surface area contributed by atoms with E-state index in [1.807, 2.05) is 26.8 Å². The molecule has 0 bridgehead atoms. The normalized spacial score (nSPS) is 14.6. The molecule has 0 saturated carbocycles. The van der Waals surface area contributed by atoms with Crippen LogP contribution >= 0.6 is 15.9 Å². The molecule has 1 aromatic carbocycles. The molecule has 0 aliphatic carbocycles. The summed E-state index contributed by atoms with van der Waals surface area (Å²) in [5, 5.41) is 0.763. The lowest BCUT2D eigenvalue weighted by atomic mass is 9.96. The predicted octanol–water partition coefficient (Wildman–Crippen LogP) is 3.88. The Kier molecular flexibility index (Phi) is 4.81. The number of hydrogen-bond acceptors (Lipinski definition) is 3. The zero-order chi connectivity index (χ0) is 15.6. The van der Waals surface area contributed by atoms with E-state index in [9.17, 15) is 4.79 Å². The molecule has 4 nitrogen and oxygen atoms in total. The number of fused-ring (bicyclic) bond motifs is 1. The highest BCUT2D eigenvalue weighted by molar-refractivity contribution is 9.08. The molecule has 5 heteroatoms. The second-order valence-corrected chi connectivity index (χ2v) is 6.74. The van der Waals surface area contributed by atoms with E-state index in [4.69, 9.17) is 9.47 Å². The van der Waals surface area contributed by atoms with Crippen molar-refractivity contribution in [2.45, 2.75) is 44.7 Å². The van der Waals surface area contributed by atoms with Gasteiger partial charge in [0.05, 0.1) is 7.11 Å². The molecule has 0 N–H and O–H groups in total. The van der Waals surface area contributed by atoms with Gasteiger partial charge in [-0.05, 0) is 32.8 Å². The molecule has 0 spiro atoms. The van der Waals surface area contributed by atoms with E-state index in [1.165, 1.54) is 5.56 Å². The molecule has 0 saturated heterocycles. The van der Waals surface area contributed by atoms with Crippen LogP contribution in [0.15, 0.2) is 12.1 Å². The number of carbonyl (C=O) groups excluding carboxylic acids is 1. The van der Waals surface area contributed by atoms with Crippen LogP contribution < -0.4 is 4.74 Å². The number of carbonyl (C=O) groups is 1. The lowest BCUT2D eigenvalue weighted by Gasteiger charge is -2.32. The largest absolute Gasteiger partial charge is 0.496 e. The van der Waals surface area contributed by atoms with Gasteiger partial charge in [-0.15, -0.1) is 0 Å². The van der Waals surface area contributed by atoms with Crippen LogP contribution in [-0.2, 0) is 23.0 Å². The minimum absolute atomic E-state index is 0.253. The fourth-order valence-electron chi connectivity index (χ4n) is 2.51. The Morgan fingerprint density at radius 3 is 2.67 bits per heavy atom. The van der Waals surface area contributed by atoms with Crippen LogP contribution in [0.1, 0.15) is 37.5 Å². The van der Waals surface area contributed by atoms with Gasteiger partial charge in [0.1, 0.15) is 11.4 Å². The monoisotopic (exact) mass is 355 g/mol. The maximum Gasteiger partial charge on any atom is 0.410 e. The molecule has 0 fully saturated rings. The number of halogens is 1. The van der Waals surface area contributed by atoms with Crippen LogP contribution in [0.3, 0.4) is 0 Å². The van der Waals surface area contributed by atoms with Gasteiger partial charge in [0.15, 0.2) is 0 Å². The van der Waals surface area contributed by atoms with Gasteiger partial charge in [-0.2, -0.15) is 0 Å². The lowest BCUT2D eigenvalue weighted by Crippen LogP contribution is -2.40. The van der Waals surface area contributed by atoms with Crippen LogP contribution in [0.2, 0.25) is 0 Å². The van der Waals surface area contributed by atoms with E-state index in [0.29, 0.717) is 13.1 Å². The summed E-state index contributed by atoms with van der Waals surface area (Å²) in [5.41, 5.74) is 3.01. The van der Waals surface area contributed by atoms with Gasteiger partial charge in [-0.25, -0.2) is 4.79 Å². The van der Waals surface area contributed by atoms with Gasteiger partial charge >= 0.3 is 6.09 Å². The first-order valence-electron chi connectivity index (χ1n) is 7.07. The van der Waals surface area contributed by atoms with Crippen LogP contribution in [0.5, 0.6) is 5.75 Å². The number of amides is 1. The Bertz CT molecular complexity index is 537. The van der Waals surface area contributed by atoms with Crippen molar-refractivity contribution in [1.82, 2.24) is 4.90 Å². The number of nitrogens with zero attached hydrogens (tertiary/aromatic N) is 1. The van der Waals surface area contributed by atoms with E-state index >= 15 is 0 Å². The van der Waals surface area contributed by atoms with Gasteiger partial charge in [-0.1, -0.05) is 28.1 Å². The minimum atomic E-state index is -0.463. The summed E-state index contributed by atoms with van der Waals surface area (Å²) in [5.74, 6) is 0.938. The SMILES string of the molecule is COc1c(CBr)ccc2c1CCN(C(=O)OC(C)(C)C)C2. The van der Waals surface area contributed by atoms with Crippen LogP contribution in [0.4, 0.5) is 4.79 Å². The fraction of sp³-hybridized carbons (Fsp3) is 0.562. The number of hydrogen-bond donors (Lipinski definition) is 0. The average Bonchev–Trinajstić information content (AvgIpc) is 2.43. The molecule has 1 aliphatic rings. The number of rotatable bonds is 2. The summed E-state index contributed by atoms with van der Waals surface area (Å²) in [6, 6.07) is 4.12. The minimum Gasteiger partial charge on any atom is -0.496 e. The molecule has 0 atom stereocenters. The second kappa shape index (κ2) is 6.26. The maximum atomic E-state index is 12.2. The third-order valence-electron chi connectivity index (χ3n) is 3.43. The van der Waals surface area contributed by atoms with Gasteiger partial charge in [0.2, 0.25) is 0 Å². The van der Waals surface area contributed by atoms with Crippen LogP contribution in [-0.4, -0.2) is 30.2 Å².